The first-order valence-corrected chi connectivity index (χ1v) is 7.96. The number of nitrogens with zero attached hydrogens (tertiary/aromatic N) is 1. The van der Waals surface area contributed by atoms with Crippen LogP contribution in [-0.2, 0) is 0 Å². The second kappa shape index (κ2) is 8.28. The van der Waals surface area contributed by atoms with Crippen molar-refractivity contribution in [1.29, 1.82) is 0 Å². The van der Waals surface area contributed by atoms with Crippen LogP contribution in [0.4, 0.5) is 5.69 Å². The number of phenolic OH excluding ortho intramolecular Hbond substituents is 1. The number of carbonyl (C=O) groups is 1. The molecule has 2 aromatic carbocycles. The summed E-state index contributed by atoms with van der Waals surface area (Å²) in [7, 11) is 4.52. The van der Waals surface area contributed by atoms with Gasteiger partial charge in [0.1, 0.15) is 5.75 Å². The highest BCUT2D eigenvalue weighted by Gasteiger charge is 2.22. The van der Waals surface area contributed by atoms with E-state index in [2.05, 4.69) is 0 Å². The lowest BCUT2D eigenvalue weighted by molar-refractivity contribution is 0.0986. The Morgan fingerprint density at radius 3 is 2.16 bits per heavy atom. The molecule has 0 atom stereocenters. The highest BCUT2D eigenvalue weighted by molar-refractivity contribution is 6.07. The number of hydrogen-bond donors (Lipinski definition) is 1. The highest BCUT2D eigenvalue weighted by Crippen LogP contribution is 2.38. The molecule has 134 valence electrons. The number of benzene rings is 2. The lowest BCUT2D eigenvalue weighted by Crippen LogP contribution is -2.31. The fraction of sp³-hybridized carbons (Fsp3) is 0.316. The third kappa shape index (κ3) is 3.96. The Morgan fingerprint density at radius 1 is 1.04 bits per heavy atom. The minimum atomic E-state index is -0.216. The molecular formula is C19H23NO5. The van der Waals surface area contributed by atoms with Crippen molar-refractivity contribution < 1.29 is 24.1 Å². The van der Waals surface area contributed by atoms with Gasteiger partial charge in [0, 0.05) is 23.9 Å². The molecule has 2 aromatic rings. The number of ether oxygens (including phenoxy) is 3. The lowest BCUT2D eigenvalue weighted by Gasteiger charge is -2.23. The van der Waals surface area contributed by atoms with Gasteiger partial charge >= 0.3 is 0 Å². The average Bonchev–Trinajstić information content (AvgIpc) is 2.64. The normalized spacial score (nSPS) is 10.2. The monoisotopic (exact) mass is 345 g/mol. The number of hydrogen-bond acceptors (Lipinski definition) is 5. The van der Waals surface area contributed by atoms with Crippen LogP contribution < -0.4 is 19.1 Å². The third-order valence-corrected chi connectivity index (χ3v) is 3.75. The molecule has 6 heteroatoms. The Morgan fingerprint density at radius 2 is 1.68 bits per heavy atom. The van der Waals surface area contributed by atoms with Gasteiger partial charge in [0.25, 0.3) is 5.91 Å². The van der Waals surface area contributed by atoms with Gasteiger partial charge in [-0.1, -0.05) is 13.0 Å². The maximum atomic E-state index is 13.1. The highest BCUT2D eigenvalue weighted by atomic mass is 16.5. The number of carbonyl (C=O) groups excluding carboxylic acids is 1. The maximum absolute atomic E-state index is 13.1. The van der Waals surface area contributed by atoms with Gasteiger partial charge in [-0.15, -0.1) is 0 Å². The summed E-state index contributed by atoms with van der Waals surface area (Å²) in [6, 6.07) is 9.86. The van der Waals surface area contributed by atoms with Gasteiger partial charge in [0.2, 0.25) is 5.75 Å². The van der Waals surface area contributed by atoms with Crippen LogP contribution in [0.1, 0.15) is 23.7 Å². The molecule has 0 saturated carbocycles. The van der Waals surface area contributed by atoms with E-state index in [1.807, 2.05) is 6.92 Å². The molecule has 0 aliphatic carbocycles. The molecule has 0 radical (unpaired) electrons. The van der Waals surface area contributed by atoms with Crippen LogP contribution in [-0.4, -0.2) is 38.9 Å². The number of phenols is 1. The van der Waals surface area contributed by atoms with E-state index in [0.717, 1.165) is 6.42 Å². The molecule has 0 fully saturated rings. The standard InChI is InChI=1S/C19H23NO5/c1-5-9-20(14-7-6-8-15(21)12-14)19(22)13-10-16(23-2)18(25-4)17(11-13)24-3/h6-8,10-12,21H,5,9H2,1-4H3. The minimum absolute atomic E-state index is 0.108. The van der Waals surface area contributed by atoms with Crippen LogP contribution in [0.3, 0.4) is 0 Å². The van der Waals surface area contributed by atoms with Gasteiger partial charge in [-0.2, -0.15) is 0 Å². The molecule has 6 nitrogen and oxygen atoms in total. The molecule has 0 aliphatic rings. The first-order valence-electron chi connectivity index (χ1n) is 7.96. The SMILES string of the molecule is CCCN(C(=O)c1cc(OC)c(OC)c(OC)c1)c1cccc(O)c1. The summed E-state index contributed by atoms with van der Waals surface area (Å²) in [5.41, 5.74) is 1.03. The molecule has 1 amide bonds. The number of aromatic hydroxyl groups is 1. The van der Waals surface area contributed by atoms with E-state index in [0.29, 0.717) is 35.0 Å². The van der Waals surface area contributed by atoms with Crippen molar-refractivity contribution >= 4 is 11.6 Å². The second-order valence-corrected chi connectivity index (χ2v) is 5.39. The predicted octanol–water partition coefficient (Wildman–Crippen LogP) is 3.47. The molecule has 0 aliphatic heterocycles. The smallest absolute Gasteiger partial charge is 0.258 e. The van der Waals surface area contributed by atoms with Crippen LogP contribution in [0.5, 0.6) is 23.0 Å². The molecule has 25 heavy (non-hydrogen) atoms. The van der Waals surface area contributed by atoms with Crippen LogP contribution in [0.2, 0.25) is 0 Å². The fourth-order valence-electron chi connectivity index (χ4n) is 2.59. The van der Waals surface area contributed by atoms with E-state index in [9.17, 15) is 9.90 Å². The number of anilines is 1. The molecule has 0 spiro atoms. The van der Waals surface area contributed by atoms with Gasteiger partial charge in [-0.3, -0.25) is 4.79 Å². The molecular weight excluding hydrogens is 322 g/mol. The first kappa shape index (κ1) is 18.4. The molecule has 0 saturated heterocycles. The topological polar surface area (TPSA) is 68.2 Å². The molecule has 2 rings (SSSR count). The molecule has 0 heterocycles. The van der Waals surface area contributed by atoms with Crippen molar-refractivity contribution in [2.75, 3.05) is 32.8 Å². The van der Waals surface area contributed by atoms with Crippen LogP contribution >= 0.6 is 0 Å². The Labute approximate surface area is 147 Å². The summed E-state index contributed by atoms with van der Waals surface area (Å²) in [5.74, 6) is 1.15. The lowest BCUT2D eigenvalue weighted by atomic mass is 10.1. The molecule has 0 unspecified atom stereocenters. The Kier molecular flexibility index (Phi) is 6.11. The molecule has 0 aromatic heterocycles. The average molecular weight is 345 g/mol. The molecule has 0 bridgehead atoms. The van der Waals surface area contributed by atoms with E-state index in [-0.39, 0.29) is 11.7 Å². The molecule has 1 N–H and O–H groups in total. The number of methoxy groups -OCH3 is 3. The first-order chi connectivity index (χ1) is 12.0. The summed E-state index contributed by atoms with van der Waals surface area (Å²) >= 11 is 0. The fourth-order valence-corrected chi connectivity index (χ4v) is 2.59. The number of amides is 1. The Hall–Kier alpha value is -2.89. The third-order valence-electron chi connectivity index (χ3n) is 3.75. The van der Waals surface area contributed by atoms with Gasteiger partial charge in [-0.05, 0) is 30.7 Å². The van der Waals surface area contributed by atoms with Crippen LogP contribution in [0.25, 0.3) is 0 Å². The maximum Gasteiger partial charge on any atom is 0.258 e. The summed E-state index contributed by atoms with van der Waals surface area (Å²) in [6.07, 6.45) is 0.770. The zero-order chi connectivity index (χ0) is 18.4. The van der Waals surface area contributed by atoms with Crippen molar-refractivity contribution in [2.24, 2.45) is 0 Å². The zero-order valence-electron chi connectivity index (χ0n) is 14.9. The summed E-state index contributed by atoms with van der Waals surface area (Å²) in [4.78, 5) is 14.7. The van der Waals surface area contributed by atoms with E-state index >= 15 is 0 Å². The second-order valence-electron chi connectivity index (χ2n) is 5.39. The number of rotatable bonds is 7. The quantitative estimate of drug-likeness (QED) is 0.832. The predicted molar refractivity (Wildman–Crippen MR) is 96.2 cm³/mol. The largest absolute Gasteiger partial charge is 0.508 e. The van der Waals surface area contributed by atoms with E-state index < -0.39 is 0 Å². The van der Waals surface area contributed by atoms with Crippen LogP contribution in [0.15, 0.2) is 36.4 Å². The van der Waals surface area contributed by atoms with E-state index in [4.69, 9.17) is 14.2 Å². The minimum Gasteiger partial charge on any atom is -0.508 e. The van der Waals surface area contributed by atoms with Gasteiger partial charge in [-0.25, -0.2) is 0 Å². The summed E-state index contributed by atoms with van der Waals surface area (Å²) in [5, 5.41) is 9.72. The van der Waals surface area contributed by atoms with Gasteiger partial charge in [0.05, 0.1) is 21.3 Å². The summed E-state index contributed by atoms with van der Waals surface area (Å²) in [6.45, 7) is 2.50. The Balaban J connectivity index is 2.49. The van der Waals surface area contributed by atoms with Crippen molar-refractivity contribution in [3.63, 3.8) is 0 Å². The van der Waals surface area contributed by atoms with E-state index in [1.165, 1.54) is 21.3 Å². The van der Waals surface area contributed by atoms with Crippen LogP contribution in [0, 0.1) is 0 Å². The van der Waals surface area contributed by atoms with Crippen molar-refractivity contribution in [2.45, 2.75) is 13.3 Å². The zero-order valence-corrected chi connectivity index (χ0v) is 14.9. The van der Waals surface area contributed by atoms with E-state index in [1.54, 1.807) is 41.3 Å². The van der Waals surface area contributed by atoms with Crippen molar-refractivity contribution in [3.05, 3.63) is 42.0 Å². The van der Waals surface area contributed by atoms with Crippen molar-refractivity contribution in [1.82, 2.24) is 0 Å². The Bertz CT molecular complexity index is 719. The summed E-state index contributed by atoms with van der Waals surface area (Å²) < 4.78 is 15.9. The van der Waals surface area contributed by atoms with Gasteiger partial charge in [0.15, 0.2) is 11.5 Å². The van der Waals surface area contributed by atoms with Crippen molar-refractivity contribution in [3.8, 4) is 23.0 Å². The van der Waals surface area contributed by atoms with Gasteiger partial charge < -0.3 is 24.2 Å².